The highest BCUT2D eigenvalue weighted by Crippen LogP contribution is 2.31. The lowest BCUT2D eigenvalue weighted by molar-refractivity contribution is 0.416. The van der Waals surface area contributed by atoms with E-state index in [2.05, 4.69) is 11.2 Å². The minimum absolute atomic E-state index is 0.322. The van der Waals surface area contributed by atoms with Crippen molar-refractivity contribution < 1.29 is 26.3 Å². The number of nitrogens with zero attached hydrogens (tertiary/aromatic N) is 2. The lowest BCUT2D eigenvalue weighted by Gasteiger charge is -2.14. The molecule has 2 rings (SSSR count). The molecule has 0 heterocycles. The molecule has 0 aliphatic carbocycles. The van der Waals surface area contributed by atoms with Crippen molar-refractivity contribution in [3.63, 3.8) is 0 Å². The Hall–Kier alpha value is -1.81. The molecule has 0 bridgehead atoms. The van der Waals surface area contributed by atoms with Gasteiger partial charge in [-0.1, -0.05) is 0 Å². The number of hydrogen-bond acceptors (Lipinski definition) is 11. The first-order valence-electron chi connectivity index (χ1n) is 7.93. The highest BCUT2D eigenvalue weighted by molar-refractivity contribution is 8.70. The second kappa shape index (κ2) is 12.1. The first-order valence-corrected chi connectivity index (χ1v) is 13.0. The summed E-state index contributed by atoms with van der Waals surface area (Å²) in [7, 11) is -0.458. The highest BCUT2D eigenvalue weighted by Gasteiger charge is 2.12. The lowest BCUT2D eigenvalue weighted by atomic mass is 10.3. The van der Waals surface area contributed by atoms with Gasteiger partial charge in [0.1, 0.15) is 0 Å². The van der Waals surface area contributed by atoms with Crippen molar-refractivity contribution in [1.82, 2.24) is 0 Å². The molecule has 14 heteroatoms. The van der Waals surface area contributed by atoms with Gasteiger partial charge in [0.05, 0.1) is 4.90 Å². The fourth-order valence-corrected chi connectivity index (χ4v) is 3.43. The van der Waals surface area contributed by atoms with Gasteiger partial charge in [-0.25, -0.2) is 0 Å². The average molecular weight is 497 g/mol. The molecular weight excluding hydrogens is 472 g/mol. The van der Waals surface area contributed by atoms with Crippen molar-refractivity contribution in [3.05, 3.63) is 42.5 Å². The Balaban J connectivity index is 0.000000481. The molecular formula is C16H24N4O6S4-2. The summed E-state index contributed by atoms with van der Waals surface area (Å²) in [6.07, 6.45) is 0. The van der Waals surface area contributed by atoms with Crippen molar-refractivity contribution in [2.24, 2.45) is 0 Å². The third kappa shape index (κ3) is 14.2. The Labute approximate surface area is 185 Å². The number of nitrogens with two attached hydrogens (primary N) is 2. The molecule has 0 saturated carbocycles. The van der Waals surface area contributed by atoms with Crippen molar-refractivity contribution in [3.8, 4) is 0 Å². The van der Waals surface area contributed by atoms with Crippen molar-refractivity contribution in [2.75, 3.05) is 49.5 Å². The molecule has 0 amide bonds. The molecule has 170 valence electrons. The number of hydrogen-bond donors (Lipinski definition) is 3. The van der Waals surface area contributed by atoms with Gasteiger partial charge in [-0.05, 0) is 53.7 Å². The summed E-state index contributed by atoms with van der Waals surface area (Å²) in [6, 6.07) is 12.8. The maximum absolute atomic E-state index is 10.7. The number of nitrogen functional groups attached to an aromatic ring is 2. The second-order valence-electron chi connectivity index (χ2n) is 6.02. The van der Waals surface area contributed by atoms with Gasteiger partial charge in [-0.3, -0.25) is 8.76 Å². The summed E-state index contributed by atoms with van der Waals surface area (Å²) in [4.78, 5) is 4.18. The molecule has 2 aromatic carbocycles. The molecule has 0 unspecified atom stereocenters. The van der Waals surface area contributed by atoms with E-state index >= 15 is 0 Å². The molecule has 0 aromatic heterocycles. The molecule has 2 aromatic rings. The molecule has 5 N–H and O–H groups in total. The minimum atomic E-state index is -4.33. The van der Waals surface area contributed by atoms with Crippen LogP contribution in [-0.4, -0.2) is 54.5 Å². The fraction of sp³-hybridized carbons (Fsp3) is 0.250. The minimum Gasteiger partial charge on any atom is -0.780 e. The van der Waals surface area contributed by atoms with E-state index in [1.54, 1.807) is 18.2 Å². The van der Waals surface area contributed by atoms with E-state index in [-0.39, 0.29) is 0 Å². The molecule has 0 radical (unpaired) electrons. The van der Waals surface area contributed by atoms with Crippen LogP contribution in [0.5, 0.6) is 0 Å². The first-order chi connectivity index (χ1) is 13.5. The van der Waals surface area contributed by atoms with Crippen LogP contribution in [-0.2, 0) is 29.4 Å². The maximum Gasteiger partial charge on any atom is 0.324 e. The van der Waals surface area contributed by atoms with Crippen LogP contribution in [0.4, 0.5) is 22.7 Å². The Kier molecular flexibility index (Phi) is 11.4. The number of benzene rings is 2. The zero-order valence-corrected chi connectivity index (χ0v) is 20.0. The average Bonchev–Trinajstić information content (AvgIpc) is 2.55. The third-order valence-corrected chi connectivity index (χ3v) is 5.03. The lowest BCUT2D eigenvalue weighted by Crippen LogP contribution is -2.09. The van der Waals surface area contributed by atoms with Gasteiger partial charge >= 0.3 is 9.15 Å². The van der Waals surface area contributed by atoms with Crippen LogP contribution < -0.4 is 21.3 Å². The van der Waals surface area contributed by atoms with Crippen LogP contribution in [0.15, 0.2) is 47.4 Å². The quantitative estimate of drug-likeness (QED) is 0.317. The SMILES string of the molecule is CN(C)c1ccc(N)c(SS(=O)(=O)O)c1.CN(C)c1ccc(N)cc1.O=S([O-])([O-])=S. The predicted octanol–water partition coefficient (Wildman–Crippen LogP) is 1.56. The molecule has 0 aliphatic rings. The Morgan fingerprint density at radius 1 is 0.900 bits per heavy atom. The predicted molar refractivity (Wildman–Crippen MR) is 125 cm³/mol. The van der Waals surface area contributed by atoms with E-state index in [9.17, 15) is 8.42 Å². The summed E-state index contributed by atoms with van der Waals surface area (Å²) >= 11 is 3.24. The van der Waals surface area contributed by atoms with Crippen LogP contribution in [0.3, 0.4) is 0 Å². The van der Waals surface area contributed by atoms with Gasteiger partial charge in [0.15, 0.2) is 0 Å². The van der Waals surface area contributed by atoms with Gasteiger partial charge in [0, 0.05) is 61.7 Å². The van der Waals surface area contributed by atoms with Gasteiger partial charge in [-0.2, -0.15) is 8.42 Å². The largest absolute Gasteiger partial charge is 0.780 e. The summed E-state index contributed by atoms with van der Waals surface area (Å²) < 4.78 is 56.7. The summed E-state index contributed by atoms with van der Waals surface area (Å²) in [5.41, 5.74) is 14.2. The topological polar surface area (TPSA) is 176 Å². The first kappa shape index (κ1) is 28.2. The van der Waals surface area contributed by atoms with Crippen molar-refractivity contribution in [2.45, 2.75) is 4.90 Å². The fourth-order valence-electron chi connectivity index (χ4n) is 1.76. The van der Waals surface area contributed by atoms with E-state index in [0.717, 1.165) is 11.4 Å². The zero-order valence-electron chi connectivity index (χ0n) is 16.7. The summed E-state index contributed by atoms with van der Waals surface area (Å²) in [5, 5.41) is 0. The molecule has 30 heavy (non-hydrogen) atoms. The van der Waals surface area contributed by atoms with Crippen molar-refractivity contribution >= 4 is 62.9 Å². The molecule has 10 nitrogen and oxygen atoms in total. The molecule has 0 saturated heterocycles. The molecule has 0 spiro atoms. The monoisotopic (exact) mass is 496 g/mol. The van der Waals surface area contributed by atoms with Crippen LogP contribution in [0.25, 0.3) is 0 Å². The Morgan fingerprint density at radius 2 is 1.30 bits per heavy atom. The maximum atomic E-state index is 10.7. The van der Waals surface area contributed by atoms with Crippen molar-refractivity contribution in [1.29, 1.82) is 0 Å². The van der Waals surface area contributed by atoms with Gasteiger partial charge in [0.2, 0.25) is 0 Å². The smallest absolute Gasteiger partial charge is 0.324 e. The highest BCUT2D eigenvalue weighted by atomic mass is 33.1. The Morgan fingerprint density at radius 3 is 1.67 bits per heavy atom. The van der Waals surface area contributed by atoms with Gasteiger partial charge in [-0.15, -0.1) is 9.05 Å². The van der Waals surface area contributed by atoms with E-state index in [4.69, 9.17) is 29.3 Å². The van der Waals surface area contributed by atoms with E-state index in [0.29, 0.717) is 21.4 Å². The van der Waals surface area contributed by atoms with Crippen LogP contribution in [0.2, 0.25) is 0 Å². The molecule has 0 aliphatic heterocycles. The normalized spacial score (nSPS) is 10.8. The van der Waals surface area contributed by atoms with Crippen LogP contribution in [0, 0.1) is 0 Å². The van der Waals surface area contributed by atoms with E-state index in [1.807, 2.05) is 62.3 Å². The summed E-state index contributed by atoms with van der Waals surface area (Å²) in [5.74, 6) is 0. The second-order valence-corrected chi connectivity index (χ2v) is 11.3. The van der Waals surface area contributed by atoms with Gasteiger partial charge < -0.3 is 30.4 Å². The number of anilines is 4. The van der Waals surface area contributed by atoms with Crippen LogP contribution >= 0.6 is 10.8 Å². The summed E-state index contributed by atoms with van der Waals surface area (Å²) in [6.45, 7) is 0. The zero-order chi connectivity index (χ0) is 23.7. The molecule has 0 atom stereocenters. The van der Waals surface area contributed by atoms with E-state index < -0.39 is 18.2 Å². The number of rotatable bonds is 4. The Bertz CT molecular complexity index is 1000. The van der Waals surface area contributed by atoms with E-state index in [1.165, 1.54) is 5.69 Å². The van der Waals surface area contributed by atoms with Gasteiger partial charge in [0.25, 0.3) is 0 Å². The standard InChI is InChI=1S/C8H12N2O3S2.C8H12N2.H2O3S2/c1-10(2)6-3-4-7(9)8(5-6)14-15(11,12)13;1-10(2)8-5-3-7(9)4-6-8;1-5(2,3)4/h3-5H,9H2,1-2H3,(H,11,12,13);3-6H,9H2,1-2H3;(H2,1,2,3,4)/p-2. The molecule has 0 fully saturated rings. The van der Waals surface area contributed by atoms with Crippen LogP contribution in [0.1, 0.15) is 0 Å². The third-order valence-electron chi connectivity index (χ3n) is 3.12.